The third-order valence-electron chi connectivity index (χ3n) is 3.42. The molecule has 2 rings (SSSR count). The lowest BCUT2D eigenvalue weighted by Crippen LogP contribution is -2.28. The van der Waals surface area contributed by atoms with E-state index in [1.165, 1.54) is 5.56 Å². The number of fused-ring (bicyclic) bond motifs is 1. The summed E-state index contributed by atoms with van der Waals surface area (Å²) in [7, 11) is 1.97. The van der Waals surface area contributed by atoms with Crippen LogP contribution in [0.1, 0.15) is 30.7 Å². The van der Waals surface area contributed by atoms with Gasteiger partial charge in [0, 0.05) is 29.7 Å². The molecule has 1 aromatic carbocycles. The van der Waals surface area contributed by atoms with Gasteiger partial charge in [0.05, 0.1) is 0 Å². The second-order valence-electron chi connectivity index (χ2n) is 4.71. The Labute approximate surface area is 102 Å². The van der Waals surface area contributed by atoms with Crippen LogP contribution < -0.4 is 5.73 Å². The third-order valence-corrected chi connectivity index (χ3v) is 3.42. The fourth-order valence-corrected chi connectivity index (χ4v) is 2.22. The zero-order valence-electron chi connectivity index (χ0n) is 10.6. The Bertz CT molecular complexity index is 530. The normalized spacial score (nSPS) is 15.1. The van der Waals surface area contributed by atoms with Crippen LogP contribution in [0.5, 0.6) is 0 Å². The van der Waals surface area contributed by atoms with Gasteiger partial charge in [-0.25, -0.2) is 0 Å². The van der Waals surface area contributed by atoms with E-state index < -0.39 is 6.10 Å². The highest BCUT2D eigenvalue weighted by molar-refractivity contribution is 5.82. The lowest BCUT2D eigenvalue weighted by atomic mass is 10.1. The number of nitrogens with two attached hydrogens (primary N) is 1. The lowest BCUT2D eigenvalue weighted by molar-refractivity contribution is 0.137. The predicted octanol–water partition coefficient (Wildman–Crippen LogP) is 2.26. The first-order chi connectivity index (χ1) is 8.04. The minimum atomic E-state index is -0.599. The molecule has 3 heteroatoms. The van der Waals surface area contributed by atoms with Gasteiger partial charge in [-0.05, 0) is 31.5 Å². The summed E-state index contributed by atoms with van der Waals surface area (Å²) < 4.78 is 2.02. The third kappa shape index (κ3) is 2.08. The SMILES string of the molecule is CCC(N)C(O)c1cc2cc(C)ccc2n1C. The fourth-order valence-electron chi connectivity index (χ4n) is 2.22. The molecule has 0 saturated heterocycles. The summed E-state index contributed by atoms with van der Waals surface area (Å²) in [5.74, 6) is 0. The summed E-state index contributed by atoms with van der Waals surface area (Å²) in [5.41, 5.74) is 9.15. The number of aliphatic hydroxyl groups excluding tert-OH is 1. The van der Waals surface area contributed by atoms with Crippen molar-refractivity contribution in [3.05, 3.63) is 35.5 Å². The van der Waals surface area contributed by atoms with Crippen LogP contribution in [0.15, 0.2) is 24.3 Å². The number of hydrogen-bond acceptors (Lipinski definition) is 2. The number of aromatic nitrogens is 1. The van der Waals surface area contributed by atoms with Gasteiger partial charge < -0.3 is 15.4 Å². The number of benzene rings is 1. The Hall–Kier alpha value is -1.32. The summed E-state index contributed by atoms with van der Waals surface area (Å²) in [4.78, 5) is 0. The topological polar surface area (TPSA) is 51.2 Å². The second-order valence-corrected chi connectivity index (χ2v) is 4.71. The molecule has 1 heterocycles. The van der Waals surface area contributed by atoms with Crippen molar-refractivity contribution >= 4 is 10.9 Å². The molecule has 3 N–H and O–H groups in total. The van der Waals surface area contributed by atoms with Gasteiger partial charge in [-0.15, -0.1) is 0 Å². The smallest absolute Gasteiger partial charge is 0.109 e. The highest BCUT2D eigenvalue weighted by Crippen LogP contribution is 2.26. The Kier molecular flexibility index (Phi) is 3.22. The fraction of sp³-hybridized carbons (Fsp3) is 0.429. The van der Waals surface area contributed by atoms with Crippen molar-refractivity contribution in [2.24, 2.45) is 12.8 Å². The van der Waals surface area contributed by atoms with E-state index in [2.05, 4.69) is 25.1 Å². The van der Waals surface area contributed by atoms with Gasteiger partial charge in [-0.1, -0.05) is 18.6 Å². The molecule has 3 nitrogen and oxygen atoms in total. The van der Waals surface area contributed by atoms with Crippen LogP contribution in [0.25, 0.3) is 10.9 Å². The van der Waals surface area contributed by atoms with Gasteiger partial charge >= 0.3 is 0 Å². The molecule has 0 fully saturated rings. The van der Waals surface area contributed by atoms with Crippen molar-refractivity contribution in [2.45, 2.75) is 32.4 Å². The first kappa shape index (κ1) is 12.1. The van der Waals surface area contributed by atoms with E-state index >= 15 is 0 Å². The molecule has 92 valence electrons. The minimum Gasteiger partial charge on any atom is -0.385 e. The number of hydrogen-bond donors (Lipinski definition) is 2. The number of nitrogens with zero attached hydrogens (tertiary/aromatic N) is 1. The summed E-state index contributed by atoms with van der Waals surface area (Å²) in [6.45, 7) is 4.06. The van der Waals surface area contributed by atoms with Crippen molar-refractivity contribution in [2.75, 3.05) is 0 Å². The van der Waals surface area contributed by atoms with E-state index in [0.717, 1.165) is 23.0 Å². The van der Waals surface area contributed by atoms with Crippen LogP contribution in [0.3, 0.4) is 0 Å². The second kappa shape index (κ2) is 4.51. The predicted molar refractivity (Wildman–Crippen MR) is 70.9 cm³/mol. The van der Waals surface area contributed by atoms with Gasteiger partial charge in [0.15, 0.2) is 0 Å². The highest BCUT2D eigenvalue weighted by Gasteiger charge is 2.19. The minimum absolute atomic E-state index is 0.209. The van der Waals surface area contributed by atoms with Crippen molar-refractivity contribution in [1.29, 1.82) is 0 Å². The van der Waals surface area contributed by atoms with E-state index in [1.807, 2.05) is 24.6 Å². The van der Waals surface area contributed by atoms with Crippen LogP contribution in [-0.4, -0.2) is 15.7 Å². The van der Waals surface area contributed by atoms with E-state index in [9.17, 15) is 5.11 Å². The van der Waals surface area contributed by atoms with Crippen molar-refractivity contribution in [3.63, 3.8) is 0 Å². The summed E-state index contributed by atoms with van der Waals surface area (Å²) in [6.07, 6.45) is 0.166. The average molecular weight is 232 g/mol. The van der Waals surface area contributed by atoms with Crippen LogP contribution in [0.2, 0.25) is 0 Å². The summed E-state index contributed by atoms with van der Waals surface area (Å²) in [5, 5.41) is 11.4. The Morgan fingerprint density at radius 3 is 2.71 bits per heavy atom. The summed E-state index contributed by atoms with van der Waals surface area (Å²) >= 11 is 0. The quantitative estimate of drug-likeness (QED) is 0.852. The van der Waals surface area contributed by atoms with Crippen LogP contribution >= 0.6 is 0 Å². The average Bonchev–Trinajstić information content (AvgIpc) is 2.64. The largest absolute Gasteiger partial charge is 0.385 e. The molecule has 0 spiro atoms. The molecular formula is C14H20N2O. The maximum Gasteiger partial charge on any atom is 0.109 e. The van der Waals surface area contributed by atoms with Crippen molar-refractivity contribution in [1.82, 2.24) is 4.57 Å². The van der Waals surface area contributed by atoms with Gasteiger partial charge in [0.1, 0.15) is 6.10 Å². The molecule has 0 radical (unpaired) electrons. The standard InChI is InChI=1S/C14H20N2O/c1-4-11(15)14(17)13-8-10-7-9(2)5-6-12(10)16(13)3/h5-8,11,14,17H,4,15H2,1-3H3. The van der Waals surface area contributed by atoms with Crippen molar-refractivity contribution in [3.8, 4) is 0 Å². The Morgan fingerprint density at radius 1 is 1.35 bits per heavy atom. The van der Waals surface area contributed by atoms with E-state index in [1.54, 1.807) is 0 Å². The maximum atomic E-state index is 10.2. The molecule has 2 atom stereocenters. The van der Waals surface area contributed by atoms with Gasteiger partial charge in [0.2, 0.25) is 0 Å². The molecule has 0 aliphatic heterocycles. The van der Waals surface area contributed by atoms with E-state index in [0.29, 0.717) is 0 Å². The molecule has 0 saturated carbocycles. The molecule has 0 aliphatic rings. The van der Waals surface area contributed by atoms with E-state index in [4.69, 9.17) is 5.73 Å². The zero-order chi connectivity index (χ0) is 12.6. The highest BCUT2D eigenvalue weighted by atomic mass is 16.3. The van der Waals surface area contributed by atoms with Crippen molar-refractivity contribution < 1.29 is 5.11 Å². The number of rotatable bonds is 3. The van der Waals surface area contributed by atoms with Gasteiger partial charge in [-0.3, -0.25) is 0 Å². The van der Waals surface area contributed by atoms with Gasteiger partial charge in [0.25, 0.3) is 0 Å². The molecule has 0 aliphatic carbocycles. The Balaban J connectivity index is 2.52. The number of aryl methyl sites for hydroxylation is 2. The van der Waals surface area contributed by atoms with Crippen LogP contribution in [-0.2, 0) is 7.05 Å². The maximum absolute atomic E-state index is 10.2. The Morgan fingerprint density at radius 2 is 2.06 bits per heavy atom. The van der Waals surface area contributed by atoms with Crippen LogP contribution in [0, 0.1) is 6.92 Å². The zero-order valence-corrected chi connectivity index (χ0v) is 10.6. The number of aliphatic hydroxyl groups is 1. The first-order valence-electron chi connectivity index (χ1n) is 6.04. The molecule has 0 amide bonds. The first-order valence-corrected chi connectivity index (χ1v) is 6.04. The van der Waals surface area contributed by atoms with Crippen LogP contribution in [0.4, 0.5) is 0 Å². The van der Waals surface area contributed by atoms with E-state index in [-0.39, 0.29) is 6.04 Å². The molecule has 2 unspecified atom stereocenters. The molecule has 1 aromatic heterocycles. The monoisotopic (exact) mass is 232 g/mol. The molecule has 17 heavy (non-hydrogen) atoms. The lowest BCUT2D eigenvalue weighted by Gasteiger charge is -2.18. The molecule has 0 bridgehead atoms. The summed E-state index contributed by atoms with van der Waals surface area (Å²) in [6, 6.07) is 8.11. The van der Waals surface area contributed by atoms with Gasteiger partial charge in [-0.2, -0.15) is 0 Å². The molecular weight excluding hydrogens is 212 g/mol. The molecule has 2 aromatic rings.